The maximum atomic E-state index is 13.6. The van der Waals surface area contributed by atoms with Gasteiger partial charge in [0.2, 0.25) is 0 Å². The van der Waals surface area contributed by atoms with Gasteiger partial charge in [-0.25, -0.2) is 32.9 Å². The molecule has 0 saturated carbocycles. The summed E-state index contributed by atoms with van der Waals surface area (Å²) in [4.78, 5) is 60.2. The zero-order valence-electron chi connectivity index (χ0n) is 25.2. The van der Waals surface area contributed by atoms with Crippen molar-refractivity contribution >= 4 is 35.1 Å². The minimum atomic E-state index is -1.06. The van der Waals surface area contributed by atoms with Gasteiger partial charge in [0.1, 0.15) is 17.0 Å². The van der Waals surface area contributed by atoms with Crippen molar-refractivity contribution in [3.63, 3.8) is 0 Å². The Morgan fingerprint density at radius 1 is 0.978 bits per heavy atom. The number of halogens is 2. The first-order valence-corrected chi connectivity index (χ1v) is 13.9. The second-order valence-electron chi connectivity index (χ2n) is 11.4. The average Bonchev–Trinajstić information content (AvgIpc) is 3.60. The van der Waals surface area contributed by atoms with Gasteiger partial charge in [-0.15, -0.1) is 0 Å². The number of ether oxygens (including phenoxy) is 2. The molecule has 13 heteroatoms. The van der Waals surface area contributed by atoms with E-state index in [9.17, 15) is 28.0 Å². The van der Waals surface area contributed by atoms with Gasteiger partial charge in [-0.05, 0) is 81.0 Å². The molecular formula is C32H29F2N5O6. The third kappa shape index (κ3) is 6.47. The van der Waals surface area contributed by atoms with Crippen LogP contribution >= 0.6 is 0 Å². The summed E-state index contributed by atoms with van der Waals surface area (Å²) in [6.45, 7) is 7.03. The monoisotopic (exact) mass is 617 g/mol. The van der Waals surface area contributed by atoms with Crippen LogP contribution in [0.15, 0.2) is 47.5 Å². The van der Waals surface area contributed by atoms with Gasteiger partial charge in [0, 0.05) is 18.7 Å². The number of rotatable bonds is 6. The lowest BCUT2D eigenvalue weighted by Gasteiger charge is -2.20. The summed E-state index contributed by atoms with van der Waals surface area (Å²) in [6, 6.07) is 9.02. The second-order valence-corrected chi connectivity index (χ2v) is 11.4. The van der Waals surface area contributed by atoms with Crippen LogP contribution < -0.4 is 5.32 Å². The number of benzene rings is 2. The zero-order chi connectivity index (χ0) is 32.6. The van der Waals surface area contributed by atoms with Crippen molar-refractivity contribution in [1.29, 1.82) is 0 Å². The van der Waals surface area contributed by atoms with Gasteiger partial charge in [0.05, 0.1) is 18.4 Å². The number of hydrogen-bond acceptors (Lipinski definition) is 8. The third-order valence-electron chi connectivity index (χ3n) is 7.09. The molecule has 2 amide bonds. The number of amides is 2. The van der Waals surface area contributed by atoms with Crippen molar-refractivity contribution < 1.29 is 37.4 Å². The van der Waals surface area contributed by atoms with Crippen molar-refractivity contribution in [1.82, 2.24) is 19.9 Å². The molecule has 0 radical (unpaired) electrons. The van der Waals surface area contributed by atoms with Gasteiger partial charge in [0.15, 0.2) is 23.0 Å². The molecule has 45 heavy (non-hydrogen) atoms. The Labute approximate surface area is 256 Å². The molecule has 2 heterocycles. The normalized spacial score (nSPS) is 13.5. The molecule has 1 N–H and O–H groups in total. The van der Waals surface area contributed by atoms with Crippen molar-refractivity contribution in [3.8, 4) is 0 Å². The predicted molar refractivity (Wildman–Crippen MR) is 157 cm³/mol. The first kappa shape index (κ1) is 31.1. The Morgan fingerprint density at radius 3 is 2.42 bits per heavy atom. The molecule has 11 nitrogen and oxygen atoms in total. The summed E-state index contributed by atoms with van der Waals surface area (Å²) in [5, 5.41) is 6.70. The molecule has 0 fully saturated rings. The van der Waals surface area contributed by atoms with E-state index >= 15 is 0 Å². The third-order valence-corrected chi connectivity index (χ3v) is 7.09. The van der Waals surface area contributed by atoms with Gasteiger partial charge < -0.3 is 14.8 Å². The molecular weight excluding hydrogens is 588 g/mol. The van der Waals surface area contributed by atoms with E-state index in [1.807, 2.05) is 6.92 Å². The summed E-state index contributed by atoms with van der Waals surface area (Å²) < 4.78 is 38.3. The van der Waals surface area contributed by atoms with E-state index in [0.29, 0.717) is 35.2 Å². The number of nitrogens with zero attached hydrogens (tertiary/aromatic N) is 4. The van der Waals surface area contributed by atoms with Crippen LogP contribution in [0.5, 0.6) is 0 Å². The van der Waals surface area contributed by atoms with Crippen molar-refractivity contribution in [2.75, 3.05) is 7.11 Å². The fourth-order valence-corrected chi connectivity index (χ4v) is 4.95. The Morgan fingerprint density at radius 2 is 1.73 bits per heavy atom. The van der Waals surface area contributed by atoms with Gasteiger partial charge in [0.25, 0.3) is 11.8 Å². The molecule has 0 spiro atoms. The van der Waals surface area contributed by atoms with Crippen LogP contribution in [0.4, 0.5) is 8.78 Å². The Hall–Kier alpha value is -5.33. The molecule has 1 aliphatic rings. The maximum absolute atomic E-state index is 13.6. The molecule has 0 atom stereocenters. The first-order valence-electron chi connectivity index (χ1n) is 13.9. The second kappa shape index (κ2) is 12.0. The van der Waals surface area contributed by atoms with E-state index in [2.05, 4.69) is 20.4 Å². The van der Waals surface area contributed by atoms with Gasteiger partial charge >= 0.3 is 11.9 Å². The maximum Gasteiger partial charge on any atom is 0.358 e. The van der Waals surface area contributed by atoms with E-state index in [-0.39, 0.29) is 29.3 Å². The highest BCUT2D eigenvalue weighted by molar-refractivity contribution is 6.13. The number of carbonyl (C=O) groups excluding carboxylic acids is 4. The fourth-order valence-electron chi connectivity index (χ4n) is 4.95. The van der Waals surface area contributed by atoms with E-state index in [4.69, 9.17) is 9.47 Å². The quantitative estimate of drug-likeness (QED) is 0.311. The van der Waals surface area contributed by atoms with Crippen LogP contribution in [0.3, 0.4) is 0 Å². The summed E-state index contributed by atoms with van der Waals surface area (Å²) in [7, 11) is 1.17. The number of aromatic nitrogens is 3. The molecule has 0 bridgehead atoms. The highest BCUT2D eigenvalue weighted by Crippen LogP contribution is 2.29. The lowest BCUT2D eigenvalue weighted by Crippen LogP contribution is -2.25. The van der Waals surface area contributed by atoms with Crippen LogP contribution in [0, 0.1) is 18.6 Å². The summed E-state index contributed by atoms with van der Waals surface area (Å²) in [5.41, 5.74) is 2.35. The molecule has 1 aliphatic carbocycles. The minimum absolute atomic E-state index is 0.00379. The average molecular weight is 618 g/mol. The Balaban J connectivity index is 1.48. The van der Waals surface area contributed by atoms with Crippen molar-refractivity contribution in [2.24, 2.45) is 4.99 Å². The SMILES string of the molecule is COC(=O)c1cc2nc(C(=O)NCc3ccc(F)c(F)c3)cc(C(=O)N=C3CCc4c3ccc(C(=O)OC(C)(C)C)c4C)n2n1. The number of fused-ring (bicyclic) bond motifs is 2. The van der Waals surface area contributed by atoms with Gasteiger partial charge in [-0.3, -0.25) is 9.59 Å². The summed E-state index contributed by atoms with van der Waals surface area (Å²) >= 11 is 0. The smallest absolute Gasteiger partial charge is 0.358 e. The number of esters is 2. The number of hydrogen-bond donors (Lipinski definition) is 1. The Kier molecular flexibility index (Phi) is 8.28. The van der Waals surface area contributed by atoms with Gasteiger partial charge in [-0.2, -0.15) is 5.10 Å². The fraction of sp³-hybridized carbons (Fsp3) is 0.281. The van der Waals surface area contributed by atoms with Crippen LogP contribution in [0.25, 0.3) is 5.65 Å². The molecule has 5 rings (SSSR count). The van der Waals surface area contributed by atoms with Crippen molar-refractivity contribution in [3.05, 3.63) is 99.0 Å². The largest absolute Gasteiger partial charge is 0.464 e. The van der Waals surface area contributed by atoms with E-state index < -0.39 is 41.0 Å². The van der Waals surface area contributed by atoms with Crippen LogP contribution in [-0.4, -0.2) is 56.8 Å². The van der Waals surface area contributed by atoms with Crippen LogP contribution in [0.2, 0.25) is 0 Å². The Bertz CT molecular complexity index is 1930. The molecule has 2 aromatic carbocycles. The summed E-state index contributed by atoms with van der Waals surface area (Å²) in [5.74, 6) is -4.79. The molecule has 232 valence electrons. The lowest BCUT2D eigenvalue weighted by atomic mass is 9.98. The standard InChI is InChI=1S/C32H29F2N5O6/c1-16-18-9-11-23(20(18)8-7-19(16)30(42)45-32(2,3)4)37-29(41)26-13-24(36-27-14-25(31(43)44-5)38-39(26)27)28(40)35-15-17-6-10-21(33)22(34)12-17/h6-8,10,12-14H,9,11,15H2,1-5H3,(H,35,40). The van der Waals surface area contributed by atoms with Gasteiger partial charge in [-0.1, -0.05) is 12.1 Å². The highest BCUT2D eigenvalue weighted by atomic mass is 19.2. The molecule has 0 saturated heterocycles. The topological polar surface area (TPSA) is 141 Å². The highest BCUT2D eigenvalue weighted by Gasteiger charge is 2.27. The number of nitrogens with one attached hydrogen (secondary N) is 1. The number of methoxy groups -OCH3 is 1. The first-order chi connectivity index (χ1) is 21.3. The van der Waals surface area contributed by atoms with Crippen LogP contribution in [-0.2, 0) is 22.4 Å². The molecule has 0 unspecified atom stereocenters. The number of aliphatic imine (C=N–C) groups is 1. The van der Waals surface area contributed by atoms with Crippen LogP contribution in [0.1, 0.15) is 91.3 Å². The molecule has 4 aromatic rings. The van der Waals surface area contributed by atoms with E-state index in [1.165, 1.54) is 25.3 Å². The van der Waals surface area contributed by atoms with E-state index in [1.54, 1.807) is 32.9 Å². The zero-order valence-corrected chi connectivity index (χ0v) is 25.2. The number of carbonyl (C=O) groups is 4. The summed E-state index contributed by atoms with van der Waals surface area (Å²) in [6.07, 6.45) is 0.962. The predicted octanol–water partition coefficient (Wildman–Crippen LogP) is 4.56. The lowest BCUT2D eigenvalue weighted by molar-refractivity contribution is 0.00681. The molecule has 0 aliphatic heterocycles. The molecule has 2 aromatic heterocycles. The van der Waals surface area contributed by atoms with Crippen molar-refractivity contribution in [2.45, 2.75) is 52.7 Å². The van der Waals surface area contributed by atoms with E-state index in [0.717, 1.165) is 27.8 Å². The minimum Gasteiger partial charge on any atom is -0.464 e.